The summed E-state index contributed by atoms with van der Waals surface area (Å²) in [5, 5.41) is 18.8. The van der Waals surface area contributed by atoms with Gasteiger partial charge in [-0.2, -0.15) is 0 Å². The van der Waals surface area contributed by atoms with Gasteiger partial charge in [-0.05, 0) is 24.6 Å². The van der Waals surface area contributed by atoms with Crippen LogP contribution in [-0.4, -0.2) is 30.1 Å². The van der Waals surface area contributed by atoms with Gasteiger partial charge in [0.2, 0.25) is 0 Å². The maximum atomic E-state index is 9.46. The highest BCUT2D eigenvalue weighted by Crippen LogP contribution is 2.28. The molecule has 0 saturated heterocycles. The third-order valence-corrected chi connectivity index (χ3v) is 3.44. The lowest BCUT2D eigenvalue weighted by molar-refractivity contribution is 0.278. The number of hydrogen-bond acceptors (Lipinski definition) is 5. The molecule has 0 spiro atoms. The first kappa shape index (κ1) is 17.4. The van der Waals surface area contributed by atoms with Crippen LogP contribution < -0.4 is 4.74 Å². The number of rotatable bonds is 7. The Hall–Kier alpha value is -2.95. The molecule has 24 heavy (non-hydrogen) atoms. The van der Waals surface area contributed by atoms with Gasteiger partial charge in [0, 0.05) is 18.7 Å². The van der Waals surface area contributed by atoms with Crippen LogP contribution in [0.4, 0.5) is 0 Å². The summed E-state index contributed by atoms with van der Waals surface area (Å²) in [4.78, 5) is 4.49. The van der Waals surface area contributed by atoms with E-state index in [1.54, 1.807) is 19.4 Å². The van der Waals surface area contributed by atoms with Crippen molar-refractivity contribution in [3.63, 3.8) is 0 Å². The van der Waals surface area contributed by atoms with E-state index >= 15 is 0 Å². The Morgan fingerprint density at radius 2 is 1.83 bits per heavy atom. The Morgan fingerprint density at radius 3 is 2.50 bits per heavy atom. The molecule has 0 radical (unpaired) electrons. The summed E-state index contributed by atoms with van der Waals surface area (Å²) in [5.41, 5.74) is 1.78. The van der Waals surface area contributed by atoms with E-state index in [0.29, 0.717) is 18.8 Å². The molecule has 0 saturated carbocycles. The van der Waals surface area contributed by atoms with E-state index in [1.807, 2.05) is 37.3 Å². The molecular formula is C19H21NO4. The van der Waals surface area contributed by atoms with Crippen molar-refractivity contribution >= 4 is 6.21 Å². The first-order chi connectivity index (χ1) is 11.6. The monoisotopic (exact) mass is 327 g/mol. The summed E-state index contributed by atoms with van der Waals surface area (Å²) in [7, 11) is 1.60. The van der Waals surface area contributed by atoms with Gasteiger partial charge in [0.25, 0.3) is 0 Å². The van der Waals surface area contributed by atoms with Crippen LogP contribution in [-0.2, 0) is 4.74 Å². The molecule has 5 nitrogen and oxygen atoms in total. The first-order valence-electron chi connectivity index (χ1n) is 7.58. The molecule has 0 bridgehead atoms. The van der Waals surface area contributed by atoms with Crippen LogP contribution in [0.5, 0.6) is 17.2 Å². The molecule has 126 valence electrons. The lowest BCUT2D eigenvalue weighted by atomic mass is 10.2. The molecule has 2 rings (SSSR count). The number of allylic oxidation sites excluding steroid dienone is 1. The molecule has 0 aromatic heterocycles. The average molecular weight is 327 g/mol. The Kier molecular flexibility index (Phi) is 6.25. The molecule has 2 aromatic rings. The molecule has 2 N–H and O–H groups in total. The summed E-state index contributed by atoms with van der Waals surface area (Å²) in [6.45, 7) is 2.22. The number of phenolic OH excluding ortho intramolecular Hbond substituents is 2. The fraction of sp³-hybridized carbons (Fsp3) is 0.211. The maximum absolute atomic E-state index is 9.46. The largest absolute Gasteiger partial charge is 0.504 e. The van der Waals surface area contributed by atoms with Crippen LogP contribution in [0.2, 0.25) is 0 Å². The van der Waals surface area contributed by atoms with E-state index in [1.165, 1.54) is 12.1 Å². The number of hydrogen-bond donors (Lipinski definition) is 2. The van der Waals surface area contributed by atoms with Crippen molar-refractivity contribution < 1.29 is 19.7 Å². The van der Waals surface area contributed by atoms with Gasteiger partial charge in [0.1, 0.15) is 11.5 Å². The van der Waals surface area contributed by atoms with E-state index in [2.05, 4.69) is 4.99 Å². The molecule has 2 aromatic carbocycles. The topological polar surface area (TPSA) is 71.3 Å². The number of ether oxygens (including phenoxy) is 2. The summed E-state index contributed by atoms with van der Waals surface area (Å²) >= 11 is 0. The van der Waals surface area contributed by atoms with Crippen molar-refractivity contribution in [1.82, 2.24) is 0 Å². The SMILES string of the molecule is CO/C(C)=C(/CCOc1ccc(O)c(O)c1)N=Cc1ccccc1. The summed E-state index contributed by atoms with van der Waals surface area (Å²) in [6.07, 6.45) is 2.33. The van der Waals surface area contributed by atoms with E-state index in [-0.39, 0.29) is 11.5 Å². The van der Waals surface area contributed by atoms with Gasteiger partial charge in [-0.25, -0.2) is 0 Å². The van der Waals surface area contributed by atoms with Crippen LogP contribution in [0.25, 0.3) is 0 Å². The predicted molar refractivity (Wildman–Crippen MR) is 93.6 cm³/mol. The Morgan fingerprint density at radius 1 is 1.08 bits per heavy atom. The zero-order valence-corrected chi connectivity index (χ0v) is 13.8. The molecule has 0 fully saturated rings. The van der Waals surface area contributed by atoms with Gasteiger partial charge in [-0.3, -0.25) is 4.99 Å². The van der Waals surface area contributed by atoms with Crippen LogP contribution in [0.15, 0.2) is 65.0 Å². The minimum atomic E-state index is -0.210. The number of aromatic hydroxyl groups is 2. The van der Waals surface area contributed by atoms with E-state index in [0.717, 1.165) is 17.0 Å². The van der Waals surface area contributed by atoms with Crippen molar-refractivity contribution in [3.05, 3.63) is 65.6 Å². The predicted octanol–water partition coefficient (Wildman–Crippen LogP) is 3.86. The number of benzene rings is 2. The lowest BCUT2D eigenvalue weighted by Gasteiger charge is -2.09. The van der Waals surface area contributed by atoms with Crippen LogP contribution in [0.1, 0.15) is 18.9 Å². The van der Waals surface area contributed by atoms with Gasteiger partial charge >= 0.3 is 0 Å². The highest BCUT2D eigenvalue weighted by atomic mass is 16.5. The van der Waals surface area contributed by atoms with Gasteiger partial charge in [0.15, 0.2) is 11.5 Å². The second kappa shape index (κ2) is 8.62. The Bertz CT molecular complexity index is 723. The van der Waals surface area contributed by atoms with Crippen molar-refractivity contribution in [1.29, 1.82) is 0 Å². The van der Waals surface area contributed by atoms with Crippen LogP contribution >= 0.6 is 0 Å². The van der Waals surface area contributed by atoms with E-state index in [9.17, 15) is 10.2 Å². The van der Waals surface area contributed by atoms with Crippen LogP contribution in [0.3, 0.4) is 0 Å². The zero-order valence-electron chi connectivity index (χ0n) is 13.8. The highest BCUT2D eigenvalue weighted by molar-refractivity contribution is 5.80. The van der Waals surface area contributed by atoms with Crippen molar-refractivity contribution in [2.24, 2.45) is 4.99 Å². The second-order valence-electron chi connectivity index (χ2n) is 5.12. The van der Waals surface area contributed by atoms with Crippen LogP contribution in [0, 0.1) is 0 Å². The van der Waals surface area contributed by atoms with Gasteiger partial charge in [-0.15, -0.1) is 0 Å². The molecule has 0 unspecified atom stereocenters. The lowest BCUT2D eigenvalue weighted by Crippen LogP contribution is -2.01. The third kappa shape index (κ3) is 5.05. The Labute approximate surface area is 141 Å². The van der Waals surface area contributed by atoms with E-state index in [4.69, 9.17) is 9.47 Å². The zero-order chi connectivity index (χ0) is 17.4. The molecule has 0 aliphatic carbocycles. The minimum absolute atomic E-state index is 0.175. The number of phenols is 2. The third-order valence-electron chi connectivity index (χ3n) is 3.44. The average Bonchev–Trinajstić information content (AvgIpc) is 2.61. The van der Waals surface area contributed by atoms with Crippen molar-refractivity contribution in [2.45, 2.75) is 13.3 Å². The normalized spacial score (nSPS) is 12.1. The molecular weight excluding hydrogens is 306 g/mol. The second-order valence-corrected chi connectivity index (χ2v) is 5.12. The van der Waals surface area contributed by atoms with Gasteiger partial charge < -0.3 is 19.7 Å². The fourth-order valence-electron chi connectivity index (χ4n) is 2.00. The summed E-state index contributed by atoms with van der Waals surface area (Å²) < 4.78 is 10.9. The van der Waals surface area contributed by atoms with E-state index < -0.39 is 0 Å². The Balaban J connectivity index is 1.99. The van der Waals surface area contributed by atoms with Gasteiger partial charge in [-0.1, -0.05) is 30.3 Å². The first-order valence-corrected chi connectivity index (χ1v) is 7.58. The molecule has 0 heterocycles. The quantitative estimate of drug-likeness (QED) is 0.460. The standard InChI is InChI=1S/C19H21NO4/c1-14(23-2)17(20-13-15-6-4-3-5-7-15)10-11-24-16-8-9-18(21)19(22)12-16/h3-9,12-13,21-22H,10-11H2,1-2H3/b17-14-,20-13?. The number of methoxy groups -OCH3 is 1. The number of aliphatic imine (C=N–C) groups is 1. The minimum Gasteiger partial charge on any atom is -0.504 e. The molecule has 5 heteroatoms. The molecule has 0 atom stereocenters. The smallest absolute Gasteiger partial charge is 0.161 e. The summed E-state index contributed by atoms with van der Waals surface area (Å²) in [5.74, 6) is 0.815. The molecule has 0 aliphatic rings. The molecule has 0 amide bonds. The summed E-state index contributed by atoms with van der Waals surface area (Å²) in [6, 6.07) is 14.1. The fourth-order valence-corrected chi connectivity index (χ4v) is 2.00. The number of nitrogens with zero attached hydrogens (tertiary/aromatic N) is 1. The maximum Gasteiger partial charge on any atom is 0.161 e. The van der Waals surface area contributed by atoms with Crippen molar-refractivity contribution in [3.8, 4) is 17.2 Å². The van der Waals surface area contributed by atoms with Crippen molar-refractivity contribution in [2.75, 3.05) is 13.7 Å². The molecule has 0 aliphatic heterocycles. The van der Waals surface area contributed by atoms with Gasteiger partial charge in [0.05, 0.1) is 19.4 Å². The highest BCUT2D eigenvalue weighted by Gasteiger charge is 2.05.